The molecule has 0 heterocycles. The minimum atomic E-state index is 0.0585. The molecule has 0 bridgehead atoms. The quantitative estimate of drug-likeness (QED) is 0.616. The number of anilines is 1. The van der Waals surface area contributed by atoms with Crippen LogP contribution >= 0.6 is 0 Å². The molecule has 0 saturated carbocycles. The van der Waals surface area contributed by atoms with Crippen LogP contribution in [-0.2, 0) is 11.2 Å². The largest absolute Gasteiger partial charge is 0.398 e. The smallest absolute Gasteiger partial charge is 0.224 e. The first-order chi connectivity index (χ1) is 8.25. The van der Waals surface area contributed by atoms with Crippen molar-refractivity contribution in [2.75, 3.05) is 5.73 Å². The van der Waals surface area contributed by atoms with Gasteiger partial charge in [0.1, 0.15) is 0 Å². The lowest BCUT2D eigenvalue weighted by Gasteiger charge is -2.19. The van der Waals surface area contributed by atoms with Crippen molar-refractivity contribution >= 4 is 11.6 Å². The number of nitrogens with two attached hydrogens (primary N) is 1. The second-order valence-corrected chi connectivity index (χ2v) is 4.42. The Balaban J connectivity index is 1.89. The second kappa shape index (κ2) is 5.53. The third-order valence-corrected chi connectivity index (χ3v) is 3.04. The highest BCUT2D eigenvalue weighted by molar-refractivity contribution is 5.80. The number of benzene rings is 1. The lowest BCUT2D eigenvalue weighted by molar-refractivity contribution is -0.121. The highest BCUT2D eigenvalue weighted by atomic mass is 16.1. The van der Waals surface area contributed by atoms with E-state index in [-0.39, 0.29) is 11.9 Å². The molecule has 1 aliphatic carbocycles. The molecule has 0 spiro atoms. The molecule has 0 fully saturated rings. The molecule has 0 aromatic heterocycles. The summed E-state index contributed by atoms with van der Waals surface area (Å²) in [4.78, 5) is 11.8. The third-order valence-electron chi connectivity index (χ3n) is 3.04. The SMILES string of the molecule is Nc1ccccc1CC(=O)NC1CC=CCC1. The molecule has 17 heavy (non-hydrogen) atoms. The van der Waals surface area contributed by atoms with Crippen LogP contribution in [-0.4, -0.2) is 11.9 Å². The molecule has 3 heteroatoms. The Morgan fingerprint density at radius 2 is 2.18 bits per heavy atom. The van der Waals surface area contributed by atoms with Gasteiger partial charge in [-0.05, 0) is 30.9 Å². The highest BCUT2D eigenvalue weighted by Crippen LogP contribution is 2.13. The van der Waals surface area contributed by atoms with Crippen molar-refractivity contribution in [3.05, 3.63) is 42.0 Å². The molecule has 1 amide bonds. The molecule has 0 aliphatic heterocycles. The highest BCUT2D eigenvalue weighted by Gasteiger charge is 2.13. The van der Waals surface area contributed by atoms with E-state index in [0.717, 1.165) is 24.8 Å². The fourth-order valence-corrected chi connectivity index (χ4v) is 2.07. The molecule has 0 radical (unpaired) electrons. The minimum absolute atomic E-state index is 0.0585. The molecule has 90 valence electrons. The van der Waals surface area contributed by atoms with Gasteiger partial charge in [0.25, 0.3) is 0 Å². The van der Waals surface area contributed by atoms with Crippen molar-refractivity contribution in [1.82, 2.24) is 5.32 Å². The van der Waals surface area contributed by atoms with E-state index in [9.17, 15) is 4.79 Å². The number of carbonyl (C=O) groups is 1. The molecule has 1 aromatic rings. The van der Waals surface area contributed by atoms with Crippen molar-refractivity contribution in [3.63, 3.8) is 0 Å². The lowest BCUT2D eigenvalue weighted by Crippen LogP contribution is -2.36. The summed E-state index contributed by atoms with van der Waals surface area (Å²) in [6.07, 6.45) is 7.69. The van der Waals surface area contributed by atoms with Crippen LogP contribution in [0, 0.1) is 0 Å². The number of nitrogen functional groups attached to an aromatic ring is 1. The van der Waals surface area contributed by atoms with E-state index in [2.05, 4.69) is 17.5 Å². The van der Waals surface area contributed by atoms with E-state index in [0.29, 0.717) is 12.1 Å². The molecule has 3 N–H and O–H groups in total. The summed E-state index contributed by atoms with van der Waals surface area (Å²) in [7, 11) is 0. The Labute approximate surface area is 102 Å². The van der Waals surface area contributed by atoms with Gasteiger partial charge in [-0.15, -0.1) is 0 Å². The number of nitrogens with one attached hydrogen (secondary N) is 1. The van der Waals surface area contributed by atoms with Crippen LogP contribution in [0.3, 0.4) is 0 Å². The Hall–Kier alpha value is -1.77. The van der Waals surface area contributed by atoms with E-state index in [4.69, 9.17) is 5.73 Å². The van der Waals surface area contributed by atoms with Crippen LogP contribution < -0.4 is 11.1 Å². The second-order valence-electron chi connectivity index (χ2n) is 4.42. The van der Waals surface area contributed by atoms with Crippen LogP contribution in [0.5, 0.6) is 0 Å². The van der Waals surface area contributed by atoms with Crippen molar-refractivity contribution in [2.45, 2.75) is 31.7 Å². The number of carbonyl (C=O) groups excluding carboxylic acids is 1. The first-order valence-corrected chi connectivity index (χ1v) is 6.03. The average molecular weight is 230 g/mol. The summed E-state index contributed by atoms with van der Waals surface area (Å²) in [5.41, 5.74) is 7.40. The van der Waals surface area contributed by atoms with Gasteiger partial charge in [0.15, 0.2) is 0 Å². The molecule has 1 aliphatic rings. The predicted molar refractivity (Wildman–Crippen MR) is 69.5 cm³/mol. The van der Waals surface area contributed by atoms with Crippen LogP contribution in [0.1, 0.15) is 24.8 Å². The summed E-state index contributed by atoms with van der Waals surface area (Å²) in [5.74, 6) is 0.0585. The zero-order valence-electron chi connectivity index (χ0n) is 9.86. The Bertz CT molecular complexity index is 426. The number of allylic oxidation sites excluding steroid dienone is 1. The van der Waals surface area contributed by atoms with Crippen LogP contribution in [0.2, 0.25) is 0 Å². The maximum absolute atomic E-state index is 11.8. The number of hydrogen-bond acceptors (Lipinski definition) is 2. The van der Waals surface area contributed by atoms with Gasteiger partial charge in [0.2, 0.25) is 5.91 Å². The summed E-state index contributed by atoms with van der Waals surface area (Å²) in [6, 6.07) is 7.80. The van der Waals surface area contributed by atoms with Gasteiger partial charge in [0.05, 0.1) is 6.42 Å². The van der Waals surface area contributed by atoms with Crippen LogP contribution in [0.15, 0.2) is 36.4 Å². The summed E-state index contributed by atoms with van der Waals surface area (Å²) >= 11 is 0. The zero-order chi connectivity index (χ0) is 12.1. The Morgan fingerprint density at radius 1 is 1.35 bits per heavy atom. The third kappa shape index (κ3) is 3.34. The van der Waals surface area contributed by atoms with E-state index >= 15 is 0 Å². The number of rotatable bonds is 3. The van der Waals surface area contributed by atoms with Gasteiger partial charge in [-0.1, -0.05) is 30.4 Å². The van der Waals surface area contributed by atoms with Crippen molar-refractivity contribution < 1.29 is 4.79 Å². The van der Waals surface area contributed by atoms with Crippen molar-refractivity contribution in [2.24, 2.45) is 0 Å². The van der Waals surface area contributed by atoms with Gasteiger partial charge in [-0.3, -0.25) is 4.79 Å². The topological polar surface area (TPSA) is 55.1 Å². The lowest BCUT2D eigenvalue weighted by atomic mass is 10.0. The number of amides is 1. The van der Waals surface area contributed by atoms with Gasteiger partial charge in [-0.25, -0.2) is 0 Å². The van der Waals surface area contributed by atoms with Gasteiger partial charge in [0, 0.05) is 11.7 Å². The van der Waals surface area contributed by atoms with Gasteiger partial charge in [-0.2, -0.15) is 0 Å². The van der Waals surface area contributed by atoms with E-state index in [1.165, 1.54) is 0 Å². The van der Waals surface area contributed by atoms with Gasteiger partial charge < -0.3 is 11.1 Å². The summed E-state index contributed by atoms with van der Waals surface area (Å²) < 4.78 is 0. The monoisotopic (exact) mass is 230 g/mol. The normalized spacial score (nSPS) is 18.9. The van der Waals surface area contributed by atoms with Gasteiger partial charge >= 0.3 is 0 Å². The van der Waals surface area contributed by atoms with Crippen molar-refractivity contribution in [3.8, 4) is 0 Å². The molecule has 1 unspecified atom stereocenters. The molecular weight excluding hydrogens is 212 g/mol. The van der Waals surface area contributed by atoms with E-state index in [1.807, 2.05) is 24.3 Å². The Morgan fingerprint density at radius 3 is 2.88 bits per heavy atom. The standard InChI is InChI=1S/C14H18N2O/c15-13-9-5-4-6-11(13)10-14(17)16-12-7-2-1-3-8-12/h1-2,4-6,9,12H,3,7-8,10,15H2,(H,16,17). The van der Waals surface area contributed by atoms with Crippen LogP contribution in [0.4, 0.5) is 5.69 Å². The average Bonchev–Trinajstić information content (AvgIpc) is 2.33. The van der Waals surface area contributed by atoms with E-state index < -0.39 is 0 Å². The fraction of sp³-hybridized carbons (Fsp3) is 0.357. The molecular formula is C14H18N2O. The summed E-state index contributed by atoms with van der Waals surface area (Å²) in [5, 5.41) is 3.05. The molecule has 0 saturated heterocycles. The predicted octanol–water partition coefficient (Wildman–Crippen LogP) is 2.04. The maximum atomic E-state index is 11.8. The van der Waals surface area contributed by atoms with Crippen LogP contribution in [0.25, 0.3) is 0 Å². The van der Waals surface area contributed by atoms with Crippen molar-refractivity contribution in [1.29, 1.82) is 0 Å². The Kier molecular flexibility index (Phi) is 3.81. The molecule has 2 rings (SSSR count). The first-order valence-electron chi connectivity index (χ1n) is 6.03. The molecule has 1 aromatic carbocycles. The first kappa shape index (κ1) is 11.7. The fourth-order valence-electron chi connectivity index (χ4n) is 2.07. The minimum Gasteiger partial charge on any atom is -0.398 e. The molecule has 3 nitrogen and oxygen atoms in total. The molecule has 1 atom stereocenters. The summed E-state index contributed by atoms with van der Waals surface area (Å²) in [6.45, 7) is 0. The van der Waals surface area contributed by atoms with E-state index in [1.54, 1.807) is 0 Å². The maximum Gasteiger partial charge on any atom is 0.224 e. The zero-order valence-corrected chi connectivity index (χ0v) is 9.86. The number of para-hydroxylation sites is 1. The number of hydrogen-bond donors (Lipinski definition) is 2.